The molecule has 0 unspecified atom stereocenters. The summed E-state index contributed by atoms with van der Waals surface area (Å²) in [6.45, 7) is 2.18. The number of carbonyl (C=O) groups excluding carboxylic acids is 1. The Morgan fingerprint density at radius 3 is 2.38 bits per heavy atom. The van der Waals surface area contributed by atoms with E-state index in [1.54, 1.807) is 13.8 Å². The van der Waals surface area contributed by atoms with Gasteiger partial charge in [-0.15, -0.1) is 0 Å². The number of alkyl halides is 3. The summed E-state index contributed by atoms with van der Waals surface area (Å²) in [4.78, 5) is 13.3. The van der Waals surface area contributed by atoms with E-state index in [9.17, 15) is 18.0 Å². The van der Waals surface area contributed by atoms with Crippen molar-refractivity contribution in [3.05, 3.63) is 28.8 Å². The molecule has 1 rings (SSSR count). The molecule has 0 atom stereocenters. The van der Waals surface area contributed by atoms with Gasteiger partial charge in [-0.05, 0) is 25.0 Å². The third kappa shape index (κ3) is 4.52. The third-order valence-corrected chi connectivity index (χ3v) is 3.61. The number of hydrogen-bond donors (Lipinski definition) is 1. The molecule has 118 valence electrons. The van der Waals surface area contributed by atoms with Crippen LogP contribution in [0.3, 0.4) is 0 Å². The van der Waals surface area contributed by atoms with Gasteiger partial charge in [0.15, 0.2) is 0 Å². The van der Waals surface area contributed by atoms with E-state index in [-0.39, 0.29) is 16.3 Å². The zero-order valence-electron chi connectivity index (χ0n) is 11.9. The van der Waals surface area contributed by atoms with E-state index < -0.39 is 24.7 Å². The van der Waals surface area contributed by atoms with Crippen LogP contribution < -0.4 is 5.73 Å². The minimum atomic E-state index is -4.47. The summed E-state index contributed by atoms with van der Waals surface area (Å²) in [7, 11) is 0. The molecule has 0 aliphatic heterocycles. The van der Waals surface area contributed by atoms with E-state index in [2.05, 4.69) is 0 Å². The molecule has 0 saturated carbocycles. The molecule has 0 aliphatic rings. The number of amides is 1. The van der Waals surface area contributed by atoms with Crippen LogP contribution in [-0.4, -0.2) is 29.6 Å². The van der Waals surface area contributed by atoms with Crippen LogP contribution in [0.5, 0.6) is 0 Å². The van der Waals surface area contributed by atoms with Crippen LogP contribution in [0.15, 0.2) is 18.2 Å². The van der Waals surface area contributed by atoms with Crippen molar-refractivity contribution in [2.45, 2.75) is 38.9 Å². The number of nitrogens with zero attached hydrogens (tertiary/aromatic N) is 1. The predicted octanol–water partition coefficient (Wildman–Crippen LogP) is 4.12. The number of anilines is 1. The van der Waals surface area contributed by atoms with Gasteiger partial charge in [-0.1, -0.05) is 31.5 Å². The van der Waals surface area contributed by atoms with Crippen LogP contribution in [0.2, 0.25) is 5.02 Å². The second kappa shape index (κ2) is 7.02. The van der Waals surface area contributed by atoms with Crippen molar-refractivity contribution in [1.29, 1.82) is 0 Å². The van der Waals surface area contributed by atoms with Crippen LogP contribution in [0.1, 0.15) is 37.0 Å². The Labute approximate surface area is 126 Å². The molecule has 1 aromatic carbocycles. The highest BCUT2D eigenvalue weighted by Crippen LogP contribution is 2.27. The molecule has 0 aliphatic carbocycles. The Balaban J connectivity index is 3.18. The highest BCUT2D eigenvalue weighted by atomic mass is 35.5. The largest absolute Gasteiger partial charge is 0.406 e. The maximum atomic E-state index is 12.7. The fraction of sp³-hybridized carbons (Fsp3) is 0.500. The van der Waals surface area contributed by atoms with Crippen molar-refractivity contribution in [1.82, 2.24) is 4.90 Å². The molecule has 1 aromatic rings. The fourth-order valence-electron chi connectivity index (χ4n) is 2.17. The Bertz CT molecular complexity index is 501. The number of benzene rings is 1. The summed E-state index contributed by atoms with van der Waals surface area (Å²) in [5, 5.41) is 0.150. The lowest BCUT2D eigenvalue weighted by Gasteiger charge is -2.31. The number of carbonyl (C=O) groups is 1. The number of nitrogen functional groups attached to an aromatic ring is 1. The average Bonchev–Trinajstić information content (AvgIpc) is 2.40. The first-order valence-corrected chi connectivity index (χ1v) is 7.00. The Hall–Kier alpha value is -1.43. The molecule has 0 fully saturated rings. The maximum Gasteiger partial charge on any atom is 0.406 e. The summed E-state index contributed by atoms with van der Waals surface area (Å²) < 4.78 is 38.2. The van der Waals surface area contributed by atoms with Crippen molar-refractivity contribution in [3.63, 3.8) is 0 Å². The molecule has 0 bridgehead atoms. The van der Waals surface area contributed by atoms with Gasteiger partial charge in [0.25, 0.3) is 5.91 Å². The molecular formula is C14H18ClF3N2O. The molecule has 7 heteroatoms. The fourth-order valence-corrected chi connectivity index (χ4v) is 2.34. The number of rotatable bonds is 5. The van der Waals surface area contributed by atoms with E-state index >= 15 is 0 Å². The van der Waals surface area contributed by atoms with Gasteiger partial charge in [-0.25, -0.2) is 0 Å². The first kappa shape index (κ1) is 17.6. The van der Waals surface area contributed by atoms with Crippen molar-refractivity contribution < 1.29 is 18.0 Å². The SMILES string of the molecule is CCC(CC)N(CC(F)(F)F)C(=O)c1cccc(Cl)c1N. The minimum absolute atomic E-state index is 0.00125. The Kier molecular flexibility index (Phi) is 5.89. The van der Waals surface area contributed by atoms with E-state index in [4.69, 9.17) is 17.3 Å². The standard InChI is InChI=1S/C14H18ClF3N2O/c1-3-9(4-2)20(8-14(16,17)18)13(21)10-6-5-7-11(15)12(10)19/h5-7,9H,3-4,8,19H2,1-2H3. The van der Waals surface area contributed by atoms with E-state index in [0.717, 1.165) is 4.90 Å². The van der Waals surface area contributed by atoms with E-state index in [1.807, 2.05) is 0 Å². The smallest absolute Gasteiger partial charge is 0.397 e. The molecule has 0 spiro atoms. The number of halogens is 4. The Morgan fingerprint density at radius 2 is 1.90 bits per heavy atom. The van der Waals surface area contributed by atoms with Crippen LogP contribution in [0.4, 0.5) is 18.9 Å². The lowest BCUT2D eigenvalue weighted by molar-refractivity contribution is -0.144. The number of nitrogens with two attached hydrogens (primary N) is 1. The van der Waals surface area contributed by atoms with Crippen molar-refractivity contribution in [2.24, 2.45) is 0 Å². The van der Waals surface area contributed by atoms with Crippen molar-refractivity contribution in [2.75, 3.05) is 12.3 Å². The summed E-state index contributed by atoms with van der Waals surface area (Å²) in [6.07, 6.45) is -3.61. The predicted molar refractivity (Wildman–Crippen MR) is 77.3 cm³/mol. The van der Waals surface area contributed by atoms with Crippen LogP contribution in [0, 0.1) is 0 Å². The first-order chi connectivity index (χ1) is 9.71. The highest BCUT2D eigenvalue weighted by Gasteiger charge is 2.36. The van der Waals surface area contributed by atoms with Crippen LogP contribution in [-0.2, 0) is 0 Å². The minimum Gasteiger partial charge on any atom is -0.397 e. The molecule has 0 saturated heterocycles. The molecule has 0 heterocycles. The highest BCUT2D eigenvalue weighted by molar-refractivity contribution is 6.33. The first-order valence-electron chi connectivity index (χ1n) is 6.63. The van der Waals surface area contributed by atoms with E-state index in [0.29, 0.717) is 12.8 Å². The number of para-hydroxylation sites is 1. The topological polar surface area (TPSA) is 46.3 Å². The molecule has 2 N–H and O–H groups in total. The van der Waals surface area contributed by atoms with Crippen LogP contribution in [0.25, 0.3) is 0 Å². The number of hydrogen-bond acceptors (Lipinski definition) is 2. The molecule has 21 heavy (non-hydrogen) atoms. The summed E-state index contributed by atoms with van der Waals surface area (Å²) >= 11 is 5.83. The van der Waals surface area contributed by atoms with Gasteiger partial charge in [0.2, 0.25) is 0 Å². The Morgan fingerprint density at radius 1 is 1.33 bits per heavy atom. The monoisotopic (exact) mass is 322 g/mol. The van der Waals surface area contributed by atoms with Crippen LogP contribution >= 0.6 is 11.6 Å². The molecule has 0 radical (unpaired) electrons. The quantitative estimate of drug-likeness (QED) is 0.829. The molecule has 1 amide bonds. The van der Waals surface area contributed by atoms with Gasteiger partial charge in [0.1, 0.15) is 6.54 Å². The second-order valence-electron chi connectivity index (χ2n) is 4.72. The lowest BCUT2D eigenvalue weighted by atomic mass is 10.1. The van der Waals surface area contributed by atoms with Crippen molar-refractivity contribution in [3.8, 4) is 0 Å². The van der Waals surface area contributed by atoms with Gasteiger partial charge in [0.05, 0.1) is 16.3 Å². The van der Waals surface area contributed by atoms with Gasteiger partial charge in [-0.2, -0.15) is 13.2 Å². The summed E-state index contributed by atoms with van der Waals surface area (Å²) in [5.74, 6) is -0.749. The summed E-state index contributed by atoms with van der Waals surface area (Å²) in [6, 6.07) is 3.86. The average molecular weight is 323 g/mol. The maximum absolute atomic E-state index is 12.7. The van der Waals surface area contributed by atoms with Crippen molar-refractivity contribution >= 4 is 23.2 Å². The molecular weight excluding hydrogens is 305 g/mol. The van der Waals surface area contributed by atoms with E-state index in [1.165, 1.54) is 18.2 Å². The zero-order chi connectivity index (χ0) is 16.2. The van der Waals surface area contributed by atoms with Gasteiger partial charge >= 0.3 is 6.18 Å². The molecule has 0 aromatic heterocycles. The van der Waals surface area contributed by atoms with Gasteiger partial charge in [-0.3, -0.25) is 4.79 Å². The summed E-state index contributed by atoms with van der Waals surface area (Å²) in [5.41, 5.74) is 5.71. The lowest BCUT2D eigenvalue weighted by Crippen LogP contribution is -2.45. The van der Waals surface area contributed by atoms with Gasteiger partial charge < -0.3 is 10.6 Å². The second-order valence-corrected chi connectivity index (χ2v) is 5.13. The zero-order valence-corrected chi connectivity index (χ0v) is 12.6. The normalized spacial score (nSPS) is 11.8. The molecule has 3 nitrogen and oxygen atoms in total. The third-order valence-electron chi connectivity index (χ3n) is 3.28. The van der Waals surface area contributed by atoms with Gasteiger partial charge in [0, 0.05) is 6.04 Å².